The van der Waals surface area contributed by atoms with Crippen LogP contribution in [0.15, 0.2) is 12.1 Å². The van der Waals surface area contributed by atoms with E-state index in [0.717, 1.165) is 5.12 Å². The second kappa shape index (κ2) is 3.76. The number of piperidine rings is 1. The van der Waals surface area contributed by atoms with Gasteiger partial charge in [0.05, 0.1) is 12.1 Å². The van der Waals surface area contributed by atoms with Crippen molar-refractivity contribution in [2.75, 3.05) is 0 Å². The lowest BCUT2D eigenvalue weighted by atomic mass is 10.00. The van der Waals surface area contributed by atoms with Crippen LogP contribution in [0.1, 0.15) is 33.1 Å². The molecular formula is C9H18N4O. The normalized spacial score (nSPS) is 39.3. The van der Waals surface area contributed by atoms with Gasteiger partial charge >= 0.3 is 0 Å². The summed E-state index contributed by atoms with van der Waals surface area (Å²) in [5, 5.41) is 3.17. The fourth-order valence-corrected chi connectivity index (χ4v) is 2.27. The lowest BCUT2D eigenvalue weighted by Crippen LogP contribution is -3.11. The highest BCUT2D eigenvalue weighted by Crippen LogP contribution is 2.19. The molecule has 1 unspecified atom stereocenters. The minimum Gasteiger partial charge on any atom is -0.521 e. The summed E-state index contributed by atoms with van der Waals surface area (Å²) in [6.45, 7) is 4.45. The fraction of sp³-hybridized carbons (Fsp3) is 0.778. The lowest BCUT2D eigenvalue weighted by Gasteiger charge is -2.42. The molecule has 80 valence electrons. The summed E-state index contributed by atoms with van der Waals surface area (Å²) in [4.78, 5) is 4.90. The van der Waals surface area contributed by atoms with Gasteiger partial charge in [-0.15, -0.1) is 0 Å². The summed E-state index contributed by atoms with van der Waals surface area (Å²) in [6, 6.07) is 1.06. The molecule has 1 saturated heterocycles. The van der Waals surface area contributed by atoms with Crippen molar-refractivity contribution in [1.82, 2.24) is 5.01 Å². The summed E-state index contributed by atoms with van der Waals surface area (Å²) >= 11 is 0. The summed E-state index contributed by atoms with van der Waals surface area (Å²) in [7, 11) is 0. The van der Waals surface area contributed by atoms with E-state index >= 15 is 0 Å². The molecule has 5 nitrogen and oxygen atoms in total. The highest BCUT2D eigenvalue weighted by Gasteiger charge is 2.31. The number of hydrogen-bond donors (Lipinski definition) is 2. The molecule has 0 aliphatic carbocycles. The molecule has 0 amide bonds. The number of nitrogens with one attached hydrogen (secondary N) is 1. The van der Waals surface area contributed by atoms with Gasteiger partial charge in [0.2, 0.25) is 5.88 Å². The summed E-state index contributed by atoms with van der Waals surface area (Å²) in [5.74, 6) is 0.393. The van der Waals surface area contributed by atoms with Gasteiger partial charge in [0.15, 0.2) is 6.20 Å². The second-order valence-electron chi connectivity index (χ2n) is 4.12. The SMILES string of the molecule is C[C@@H]1CCC[C@H](C)N1[NH+]1C=C(N)O[N-]1. The molecule has 0 aromatic heterocycles. The molecule has 2 aliphatic heterocycles. The van der Waals surface area contributed by atoms with E-state index in [4.69, 9.17) is 10.6 Å². The maximum atomic E-state index is 5.52. The maximum Gasteiger partial charge on any atom is 0.229 e. The smallest absolute Gasteiger partial charge is 0.229 e. The fourth-order valence-electron chi connectivity index (χ4n) is 2.27. The van der Waals surface area contributed by atoms with Gasteiger partial charge in [-0.3, -0.25) is 5.12 Å². The van der Waals surface area contributed by atoms with Crippen LogP contribution in [0.25, 0.3) is 5.59 Å². The number of quaternary nitrogens is 1. The van der Waals surface area contributed by atoms with Gasteiger partial charge in [0.1, 0.15) is 0 Å². The standard InChI is InChI=1S/C9H18N4O/c1-7-4-3-5-8(2)13(7)12-6-9(10)14-11-12/h6-8,12H,3-5,10H2,1-2H3/t7-,8+. The monoisotopic (exact) mass is 198 g/mol. The van der Waals surface area contributed by atoms with Gasteiger partial charge in [-0.2, -0.15) is 5.01 Å². The van der Waals surface area contributed by atoms with Gasteiger partial charge in [-0.1, -0.05) is 0 Å². The first kappa shape index (κ1) is 9.76. The van der Waals surface area contributed by atoms with Crippen LogP contribution in [0.3, 0.4) is 0 Å². The Morgan fingerprint density at radius 1 is 1.50 bits per heavy atom. The predicted octanol–water partition coefficient (Wildman–Crippen LogP) is 0.0407. The first-order valence-electron chi connectivity index (χ1n) is 5.19. The molecule has 2 aliphatic rings. The van der Waals surface area contributed by atoms with E-state index in [-0.39, 0.29) is 0 Å². The van der Waals surface area contributed by atoms with Crippen LogP contribution in [-0.4, -0.2) is 17.1 Å². The Labute approximate surface area is 84.4 Å². The molecule has 0 radical (unpaired) electrons. The van der Waals surface area contributed by atoms with Crippen molar-refractivity contribution in [2.45, 2.75) is 45.2 Å². The Morgan fingerprint density at radius 2 is 2.14 bits per heavy atom. The van der Waals surface area contributed by atoms with E-state index in [1.54, 1.807) is 6.20 Å². The quantitative estimate of drug-likeness (QED) is 0.625. The Morgan fingerprint density at radius 3 is 2.64 bits per heavy atom. The topological polar surface area (TPSA) is 57.0 Å². The zero-order valence-electron chi connectivity index (χ0n) is 8.73. The maximum absolute atomic E-state index is 5.52. The Kier molecular flexibility index (Phi) is 2.62. The Balaban J connectivity index is 2.07. The van der Waals surface area contributed by atoms with Crippen LogP contribution in [0.4, 0.5) is 0 Å². The van der Waals surface area contributed by atoms with Crippen molar-refractivity contribution in [1.29, 1.82) is 0 Å². The predicted molar refractivity (Wildman–Crippen MR) is 52.3 cm³/mol. The molecule has 3 atom stereocenters. The molecule has 0 aromatic carbocycles. The third kappa shape index (κ3) is 1.70. The number of nitrogens with two attached hydrogens (primary N) is 1. The van der Waals surface area contributed by atoms with Crippen molar-refractivity contribution in [3.05, 3.63) is 17.7 Å². The molecular weight excluding hydrogens is 180 g/mol. The Bertz CT molecular complexity index is 233. The van der Waals surface area contributed by atoms with Gasteiger partial charge in [-0.25, -0.2) is 5.59 Å². The highest BCUT2D eigenvalue weighted by atomic mass is 16.7. The van der Waals surface area contributed by atoms with E-state index in [1.165, 1.54) is 19.3 Å². The Hall–Kier alpha value is -0.780. The highest BCUT2D eigenvalue weighted by molar-refractivity contribution is 4.85. The molecule has 1 fully saturated rings. The minimum atomic E-state index is 0.393. The number of hydrogen-bond acceptors (Lipinski definition) is 3. The molecule has 0 bridgehead atoms. The van der Waals surface area contributed by atoms with Crippen LogP contribution in [-0.2, 0) is 4.84 Å². The largest absolute Gasteiger partial charge is 0.521 e. The molecule has 3 N–H and O–H groups in total. The van der Waals surface area contributed by atoms with E-state index < -0.39 is 0 Å². The second-order valence-corrected chi connectivity index (χ2v) is 4.12. The summed E-state index contributed by atoms with van der Waals surface area (Å²) < 4.78 is 0. The van der Waals surface area contributed by atoms with Crippen LogP contribution in [0.5, 0.6) is 0 Å². The number of nitrogens with zero attached hydrogens (tertiary/aromatic N) is 2. The third-order valence-electron chi connectivity index (χ3n) is 2.97. The van der Waals surface area contributed by atoms with Crippen LogP contribution < -0.4 is 10.9 Å². The molecule has 2 rings (SSSR count). The van der Waals surface area contributed by atoms with E-state index in [0.29, 0.717) is 18.0 Å². The van der Waals surface area contributed by atoms with E-state index in [1.807, 2.05) is 0 Å². The molecule has 14 heavy (non-hydrogen) atoms. The molecule has 2 heterocycles. The van der Waals surface area contributed by atoms with Crippen LogP contribution >= 0.6 is 0 Å². The lowest BCUT2D eigenvalue weighted by molar-refractivity contribution is -0.953. The van der Waals surface area contributed by atoms with E-state index in [2.05, 4.69) is 24.4 Å². The molecule has 0 aromatic rings. The van der Waals surface area contributed by atoms with Gasteiger partial charge in [0, 0.05) is 0 Å². The minimum absolute atomic E-state index is 0.393. The van der Waals surface area contributed by atoms with Gasteiger partial charge < -0.3 is 10.6 Å². The number of rotatable bonds is 1. The molecule has 0 saturated carbocycles. The first-order valence-corrected chi connectivity index (χ1v) is 5.19. The summed E-state index contributed by atoms with van der Waals surface area (Å²) in [5.41, 5.74) is 9.49. The van der Waals surface area contributed by atoms with Gasteiger partial charge in [0.25, 0.3) is 0 Å². The van der Waals surface area contributed by atoms with Crippen molar-refractivity contribution >= 4 is 0 Å². The van der Waals surface area contributed by atoms with Crippen molar-refractivity contribution in [2.24, 2.45) is 5.73 Å². The zero-order valence-corrected chi connectivity index (χ0v) is 8.73. The van der Waals surface area contributed by atoms with E-state index in [9.17, 15) is 0 Å². The zero-order chi connectivity index (χ0) is 10.1. The third-order valence-corrected chi connectivity index (χ3v) is 2.97. The first-order chi connectivity index (χ1) is 6.68. The van der Waals surface area contributed by atoms with Crippen molar-refractivity contribution < 1.29 is 9.96 Å². The average Bonchev–Trinajstić information content (AvgIpc) is 2.51. The molecule has 5 heteroatoms. The molecule has 0 spiro atoms. The van der Waals surface area contributed by atoms with Crippen LogP contribution in [0.2, 0.25) is 0 Å². The van der Waals surface area contributed by atoms with Gasteiger partial charge in [-0.05, 0) is 33.1 Å². The average molecular weight is 198 g/mol. The van der Waals surface area contributed by atoms with Crippen molar-refractivity contribution in [3.63, 3.8) is 0 Å². The van der Waals surface area contributed by atoms with Crippen LogP contribution in [0, 0.1) is 0 Å². The summed E-state index contributed by atoms with van der Waals surface area (Å²) in [6.07, 6.45) is 5.54. The van der Waals surface area contributed by atoms with Crippen molar-refractivity contribution in [3.8, 4) is 0 Å².